The highest BCUT2D eigenvalue weighted by molar-refractivity contribution is 7.89. The van der Waals surface area contributed by atoms with Crippen LogP contribution in [0.15, 0.2) is 35.5 Å². The van der Waals surface area contributed by atoms with E-state index in [4.69, 9.17) is 11.6 Å². The number of H-pyrrole nitrogens is 1. The van der Waals surface area contributed by atoms with Crippen molar-refractivity contribution in [1.29, 1.82) is 0 Å². The molecule has 9 heteroatoms. The van der Waals surface area contributed by atoms with E-state index in [2.05, 4.69) is 15.5 Å². The van der Waals surface area contributed by atoms with Crippen LogP contribution >= 0.6 is 11.6 Å². The molecule has 124 valence electrons. The van der Waals surface area contributed by atoms with E-state index in [1.807, 2.05) is 0 Å². The van der Waals surface area contributed by atoms with Crippen LogP contribution in [0.4, 0.5) is 5.69 Å². The fourth-order valence-electron chi connectivity index (χ4n) is 2.07. The van der Waals surface area contributed by atoms with E-state index in [-0.39, 0.29) is 15.5 Å². The lowest BCUT2D eigenvalue weighted by Crippen LogP contribution is -2.31. The molecule has 0 radical (unpaired) electrons. The molecule has 0 atom stereocenters. The Morgan fingerprint density at radius 3 is 2.61 bits per heavy atom. The van der Waals surface area contributed by atoms with E-state index in [1.54, 1.807) is 13.8 Å². The highest BCUT2D eigenvalue weighted by atomic mass is 35.5. The summed E-state index contributed by atoms with van der Waals surface area (Å²) in [6.45, 7) is 4.12. The van der Waals surface area contributed by atoms with Crippen molar-refractivity contribution in [2.24, 2.45) is 0 Å². The number of halogens is 1. The van der Waals surface area contributed by atoms with Gasteiger partial charge >= 0.3 is 0 Å². The van der Waals surface area contributed by atoms with Crippen LogP contribution in [-0.2, 0) is 10.0 Å². The molecule has 0 aliphatic carbocycles. The van der Waals surface area contributed by atoms with Crippen molar-refractivity contribution in [3.05, 3.63) is 41.2 Å². The number of anilines is 1. The molecule has 23 heavy (non-hydrogen) atoms. The summed E-state index contributed by atoms with van der Waals surface area (Å²) in [7, 11) is -3.75. The molecule has 7 nitrogen and oxygen atoms in total. The molecule has 1 aromatic carbocycles. The van der Waals surface area contributed by atoms with Gasteiger partial charge in [0.1, 0.15) is 4.90 Å². The van der Waals surface area contributed by atoms with Crippen molar-refractivity contribution in [2.75, 3.05) is 18.4 Å². The highest BCUT2D eigenvalue weighted by Gasteiger charge is 2.25. The molecular weight excluding hydrogens is 340 g/mol. The molecule has 0 fully saturated rings. The smallest absolute Gasteiger partial charge is 0.255 e. The van der Waals surface area contributed by atoms with Crippen molar-refractivity contribution >= 4 is 33.2 Å². The summed E-state index contributed by atoms with van der Waals surface area (Å²) in [4.78, 5) is 12.1. The Kier molecular flexibility index (Phi) is 5.40. The van der Waals surface area contributed by atoms with Gasteiger partial charge in [0.2, 0.25) is 10.0 Å². The van der Waals surface area contributed by atoms with Gasteiger partial charge in [0.05, 0.1) is 16.9 Å². The van der Waals surface area contributed by atoms with Crippen LogP contribution in [0.5, 0.6) is 0 Å². The second-order valence-corrected chi connectivity index (χ2v) is 6.99. The van der Waals surface area contributed by atoms with Crippen LogP contribution in [0.1, 0.15) is 24.2 Å². The average Bonchev–Trinajstić information content (AvgIpc) is 3.01. The van der Waals surface area contributed by atoms with Gasteiger partial charge in [-0.2, -0.15) is 9.40 Å². The molecule has 1 heterocycles. The zero-order valence-electron chi connectivity index (χ0n) is 12.7. The monoisotopic (exact) mass is 356 g/mol. The summed E-state index contributed by atoms with van der Waals surface area (Å²) < 4.78 is 26.5. The molecular formula is C14H17ClN4O3S. The number of benzene rings is 1. The number of amides is 1. The number of rotatable bonds is 6. The SMILES string of the molecule is CCN(CC)S(=O)(=O)c1cc(C(=O)Nc2cn[nH]c2)ccc1Cl. The third-order valence-electron chi connectivity index (χ3n) is 3.27. The number of carbonyl (C=O) groups excluding carboxylic acids is 1. The predicted octanol–water partition coefficient (Wildman–Crippen LogP) is 2.35. The molecule has 2 rings (SSSR count). The number of aromatic nitrogens is 2. The van der Waals surface area contributed by atoms with Gasteiger partial charge in [0.15, 0.2) is 0 Å². The lowest BCUT2D eigenvalue weighted by atomic mass is 10.2. The van der Waals surface area contributed by atoms with E-state index in [0.717, 1.165) is 0 Å². The molecule has 1 aromatic heterocycles. The number of hydrogen-bond donors (Lipinski definition) is 2. The standard InChI is InChI=1S/C14H17ClN4O3S/c1-3-19(4-2)23(21,22)13-7-10(5-6-12(13)15)14(20)18-11-8-16-17-9-11/h5-9H,3-4H2,1-2H3,(H,16,17)(H,18,20). The van der Waals surface area contributed by atoms with Gasteiger partial charge in [-0.25, -0.2) is 8.42 Å². The van der Waals surface area contributed by atoms with Crippen molar-refractivity contribution in [2.45, 2.75) is 18.7 Å². The summed E-state index contributed by atoms with van der Waals surface area (Å²) in [5.74, 6) is -0.445. The van der Waals surface area contributed by atoms with Crippen LogP contribution in [0.2, 0.25) is 5.02 Å². The van der Waals surface area contributed by atoms with Gasteiger partial charge in [-0.15, -0.1) is 0 Å². The topological polar surface area (TPSA) is 95.2 Å². The molecule has 2 N–H and O–H groups in total. The van der Waals surface area contributed by atoms with Crippen molar-refractivity contribution in [3.63, 3.8) is 0 Å². The predicted molar refractivity (Wildman–Crippen MR) is 88.1 cm³/mol. The molecule has 1 amide bonds. The largest absolute Gasteiger partial charge is 0.319 e. The lowest BCUT2D eigenvalue weighted by molar-refractivity contribution is 0.102. The molecule has 0 aliphatic heterocycles. The van der Waals surface area contributed by atoms with Gasteiger partial charge in [-0.3, -0.25) is 9.89 Å². The zero-order valence-corrected chi connectivity index (χ0v) is 14.3. The number of nitrogens with zero attached hydrogens (tertiary/aromatic N) is 2. The quantitative estimate of drug-likeness (QED) is 0.830. The minimum atomic E-state index is -3.75. The first-order valence-corrected chi connectivity index (χ1v) is 8.81. The lowest BCUT2D eigenvalue weighted by Gasteiger charge is -2.19. The first-order chi connectivity index (χ1) is 10.9. The highest BCUT2D eigenvalue weighted by Crippen LogP contribution is 2.26. The first kappa shape index (κ1) is 17.5. The Morgan fingerprint density at radius 2 is 2.04 bits per heavy atom. The minimum Gasteiger partial charge on any atom is -0.319 e. The van der Waals surface area contributed by atoms with Crippen molar-refractivity contribution in [1.82, 2.24) is 14.5 Å². The van der Waals surface area contributed by atoms with E-state index in [0.29, 0.717) is 18.8 Å². The van der Waals surface area contributed by atoms with Crippen LogP contribution < -0.4 is 5.32 Å². The Balaban J connectivity index is 2.37. The van der Waals surface area contributed by atoms with E-state index < -0.39 is 15.9 Å². The van der Waals surface area contributed by atoms with E-state index >= 15 is 0 Å². The molecule has 0 spiro atoms. The van der Waals surface area contributed by atoms with Gasteiger partial charge in [-0.05, 0) is 18.2 Å². The summed E-state index contributed by atoms with van der Waals surface area (Å²) in [6.07, 6.45) is 2.96. The van der Waals surface area contributed by atoms with E-state index in [1.165, 1.54) is 34.9 Å². The molecule has 0 unspecified atom stereocenters. The number of aromatic amines is 1. The Morgan fingerprint density at radius 1 is 1.35 bits per heavy atom. The molecule has 0 aliphatic rings. The summed E-state index contributed by atoms with van der Waals surface area (Å²) in [5.41, 5.74) is 0.680. The summed E-state index contributed by atoms with van der Waals surface area (Å²) >= 11 is 6.03. The number of nitrogens with one attached hydrogen (secondary N) is 2. The number of hydrogen-bond acceptors (Lipinski definition) is 4. The van der Waals surface area contributed by atoms with Crippen LogP contribution in [-0.4, -0.2) is 41.9 Å². The Labute approximate surface area is 139 Å². The van der Waals surface area contributed by atoms with Crippen LogP contribution in [0.25, 0.3) is 0 Å². The van der Waals surface area contributed by atoms with Gasteiger partial charge in [0.25, 0.3) is 5.91 Å². The number of carbonyl (C=O) groups is 1. The van der Waals surface area contributed by atoms with Crippen molar-refractivity contribution in [3.8, 4) is 0 Å². The Bertz CT molecular complexity index is 786. The first-order valence-electron chi connectivity index (χ1n) is 7.00. The Hall–Kier alpha value is -1.90. The second-order valence-electron chi connectivity index (χ2n) is 4.68. The van der Waals surface area contributed by atoms with Crippen LogP contribution in [0.3, 0.4) is 0 Å². The normalized spacial score (nSPS) is 11.7. The van der Waals surface area contributed by atoms with Crippen molar-refractivity contribution < 1.29 is 13.2 Å². The maximum absolute atomic E-state index is 12.6. The maximum atomic E-state index is 12.6. The summed E-state index contributed by atoms with van der Waals surface area (Å²) in [6, 6.07) is 4.16. The molecule has 2 aromatic rings. The van der Waals surface area contributed by atoms with Crippen LogP contribution in [0, 0.1) is 0 Å². The maximum Gasteiger partial charge on any atom is 0.255 e. The van der Waals surface area contributed by atoms with Gasteiger partial charge in [-0.1, -0.05) is 25.4 Å². The second kappa shape index (κ2) is 7.12. The molecule has 0 bridgehead atoms. The fourth-order valence-corrected chi connectivity index (χ4v) is 4.03. The third-order valence-corrected chi connectivity index (χ3v) is 5.80. The molecule has 0 saturated carbocycles. The van der Waals surface area contributed by atoms with Gasteiger partial charge < -0.3 is 5.32 Å². The number of sulfonamides is 1. The molecule has 0 saturated heterocycles. The van der Waals surface area contributed by atoms with Gasteiger partial charge in [0, 0.05) is 24.8 Å². The minimum absolute atomic E-state index is 0.0803. The third kappa shape index (κ3) is 3.72. The average molecular weight is 357 g/mol. The zero-order chi connectivity index (χ0) is 17.0. The fraction of sp³-hybridized carbons (Fsp3) is 0.286. The summed E-state index contributed by atoms with van der Waals surface area (Å²) in [5, 5.41) is 8.98. The van der Waals surface area contributed by atoms with E-state index in [9.17, 15) is 13.2 Å².